The molecule has 1 aromatic heterocycles. The maximum absolute atomic E-state index is 11.5. The molecule has 2 rings (SSSR count). The summed E-state index contributed by atoms with van der Waals surface area (Å²) in [6.45, 7) is 3.57. The van der Waals surface area contributed by atoms with Crippen molar-refractivity contribution in [3.05, 3.63) is 28.3 Å². The summed E-state index contributed by atoms with van der Waals surface area (Å²) in [6.07, 6.45) is 0. The Kier molecular flexibility index (Phi) is 3.24. The Balaban J connectivity index is 2.33. The number of carbonyl (C=O) groups excluding carboxylic acids is 1. The molecule has 1 amide bonds. The van der Waals surface area contributed by atoms with Gasteiger partial charge in [0.15, 0.2) is 5.13 Å². The number of hydrogen-bond acceptors (Lipinski definition) is 5. The number of thiazole rings is 1. The maximum atomic E-state index is 11.5. The first-order chi connectivity index (χ1) is 8.47. The molecule has 1 aromatic carbocycles. The first kappa shape index (κ1) is 12.4. The lowest BCUT2D eigenvalue weighted by atomic mass is 10.2. The molecule has 0 fully saturated rings. The lowest BCUT2D eigenvalue weighted by molar-refractivity contribution is -0.384. The zero-order valence-electron chi connectivity index (χ0n) is 9.84. The van der Waals surface area contributed by atoms with E-state index in [1.165, 1.54) is 23.5 Å². The zero-order valence-corrected chi connectivity index (χ0v) is 10.7. The minimum atomic E-state index is -0.453. The van der Waals surface area contributed by atoms with Crippen molar-refractivity contribution in [3.63, 3.8) is 0 Å². The van der Waals surface area contributed by atoms with E-state index in [0.717, 1.165) is 0 Å². The van der Waals surface area contributed by atoms with E-state index in [9.17, 15) is 14.9 Å². The minimum Gasteiger partial charge on any atom is -0.302 e. The second-order valence-corrected chi connectivity index (χ2v) is 5.10. The Morgan fingerprint density at radius 3 is 2.83 bits per heavy atom. The fraction of sp³-hybridized carbons (Fsp3) is 0.273. The van der Waals surface area contributed by atoms with Gasteiger partial charge in [-0.2, -0.15) is 0 Å². The van der Waals surface area contributed by atoms with E-state index in [0.29, 0.717) is 15.3 Å². The van der Waals surface area contributed by atoms with Gasteiger partial charge in [0.05, 0.1) is 15.1 Å². The fourth-order valence-corrected chi connectivity index (χ4v) is 2.23. The number of nitrogens with zero attached hydrogens (tertiary/aromatic N) is 2. The Morgan fingerprint density at radius 2 is 2.22 bits per heavy atom. The van der Waals surface area contributed by atoms with Crippen LogP contribution in [0, 0.1) is 16.0 Å². The number of non-ortho nitro benzene ring substituents is 1. The minimum absolute atomic E-state index is 0.0212. The normalized spacial score (nSPS) is 10.8. The van der Waals surface area contributed by atoms with Gasteiger partial charge in [0, 0.05) is 18.1 Å². The summed E-state index contributed by atoms with van der Waals surface area (Å²) in [7, 11) is 0. The van der Waals surface area contributed by atoms with E-state index in [-0.39, 0.29) is 17.5 Å². The van der Waals surface area contributed by atoms with Gasteiger partial charge in [-0.1, -0.05) is 25.2 Å². The van der Waals surface area contributed by atoms with Crippen molar-refractivity contribution in [3.8, 4) is 0 Å². The van der Waals surface area contributed by atoms with Crippen molar-refractivity contribution in [2.75, 3.05) is 5.32 Å². The summed E-state index contributed by atoms with van der Waals surface area (Å²) in [5.41, 5.74) is 0.664. The lowest BCUT2D eigenvalue weighted by Gasteiger charge is -2.02. The van der Waals surface area contributed by atoms with Gasteiger partial charge in [0.25, 0.3) is 5.69 Å². The highest BCUT2D eigenvalue weighted by Crippen LogP contribution is 2.29. The van der Waals surface area contributed by atoms with Gasteiger partial charge in [-0.15, -0.1) is 0 Å². The predicted octanol–water partition coefficient (Wildman–Crippen LogP) is 2.80. The molecule has 1 N–H and O–H groups in total. The van der Waals surface area contributed by atoms with Crippen LogP contribution in [0.5, 0.6) is 0 Å². The molecule has 0 saturated carbocycles. The van der Waals surface area contributed by atoms with Crippen molar-refractivity contribution in [1.82, 2.24) is 4.98 Å². The molecule has 1 heterocycles. The average Bonchev–Trinajstić information content (AvgIpc) is 2.69. The van der Waals surface area contributed by atoms with Crippen molar-refractivity contribution in [1.29, 1.82) is 0 Å². The summed E-state index contributed by atoms with van der Waals surface area (Å²) >= 11 is 1.23. The van der Waals surface area contributed by atoms with Gasteiger partial charge in [-0.3, -0.25) is 14.9 Å². The molecule has 0 atom stereocenters. The molecule has 0 radical (unpaired) electrons. The van der Waals surface area contributed by atoms with Crippen LogP contribution in [-0.2, 0) is 4.79 Å². The van der Waals surface area contributed by atoms with Crippen LogP contribution in [0.1, 0.15) is 13.8 Å². The molecule has 2 aromatic rings. The van der Waals surface area contributed by atoms with Gasteiger partial charge in [0.2, 0.25) is 5.91 Å². The predicted molar refractivity (Wildman–Crippen MR) is 69.7 cm³/mol. The van der Waals surface area contributed by atoms with E-state index in [2.05, 4.69) is 10.3 Å². The summed E-state index contributed by atoms with van der Waals surface area (Å²) in [6, 6.07) is 4.43. The van der Waals surface area contributed by atoms with Crippen LogP contribution < -0.4 is 5.32 Å². The third kappa shape index (κ3) is 2.45. The number of carbonyl (C=O) groups is 1. The molecular weight excluding hydrogens is 254 g/mol. The van der Waals surface area contributed by atoms with E-state index >= 15 is 0 Å². The summed E-state index contributed by atoms with van der Waals surface area (Å²) in [5.74, 6) is -0.255. The largest absolute Gasteiger partial charge is 0.302 e. The molecule has 0 aliphatic rings. The van der Waals surface area contributed by atoms with Crippen LogP contribution >= 0.6 is 11.3 Å². The van der Waals surface area contributed by atoms with E-state index in [4.69, 9.17) is 0 Å². The molecule has 0 saturated heterocycles. The number of benzene rings is 1. The maximum Gasteiger partial charge on any atom is 0.270 e. The molecule has 18 heavy (non-hydrogen) atoms. The highest BCUT2D eigenvalue weighted by Gasteiger charge is 2.13. The smallest absolute Gasteiger partial charge is 0.270 e. The SMILES string of the molecule is CC(C)C(=O)Nc1nc2ccc([N+](=O)[O-])cc2s1. The van der Waals surface area contributed by atoms with Crippen LogP contribution in [0.3, 0.4) is 0 Å². The molecule has 6 nitrogen and oxygen atoms in total. The number of aromatic nitrogens is 1. The van der Waals surface area contributed by atoms with E-state index < -0.39 is 4.92 Å². The molecule has 0 unspecified atom stereocenters. The third-order valence-electron chi connectivity index (χ3n) is 2.34. The second kappa shape index (κ2) is 4.69. The highest BCUT2D eigenvalue weighted by molar-refractivity contribution is 7.22. The van der Waals surface area contributed by atoms with Gasteiger partial charge in [-0.05, 0) is 6.07 Å². The van der Waals surface area contributed by atoms with Crippen LogP contribution in [0.15, 0.2) is 18.2 Å². The number of nitro groups is 1. The van der Waals surface area contributed by atoms with Crippen LogP contribution in [0.4, 0.5) is 10.8 Å². The summed E-state index contributed by atoms with van der Waals surface area (Å²) < 4.78 is 0.684. The molecule has 0 aliphatic carbocycles. The first-order valence-electron chi connectivity index (χ1n) is 5.33. The Hall–Kier alpha value is -2.02. The Labute approximate surface area is 107 Å². The topological polar surface area (TPSA) is 85.1 Å². The van der Waals surface area contributed by atoms with Gasteiger partial charge in [-0.25, -0.2) is 4.98 Å². The Morgan fingerprint density at radius 1 is 1.50 bits per heavy atom. The number of amides is 1. The molecule has 94 valence electrons. The van der Waals surface area contributed by atoms with Crippen LogP contribution in [0.2, 0.25) is 0 Å². The van der Waals surface area contributed by atoms with Gasteiger partial charge >= 0.3 is 0 Å². The van der Waals surface area contributed by atoms with E-state index in [1.807, 2.05) is 0 Å². The van der Waals surface area contributed by atoms with E-state index in [1.54, 1.807) is 19.9 Å². The fourth-order valence-electron chi connectivity index (χ4n) is 1.33. The molecular formula is C11H11N3O3S. The van der Waals surface area contributed by atoms with Crippen molar-refractivity contribution in [2.45, 2.75) is 13.8 Å². The molecule has 7 heteroatoms. The lowest BCUT2D eigenvalue weighted by Crippen LogP contribution is -2.17. The van der Waals surface area contributed by atoms with Crippen molar-refractivity contribution >= 4 is 38.3 Å². The van der Waals surface area contributed by atoms with Crippen molar-refractivity contribution in [2.24, 2.45) is 5.92 Å². The zero-order chi connectivity index (χ0) is 13.3. The number of nitro benzene ring substituents is 1. The van der Waals surface area contributed by atoms with Gasteiger partial charge in [0.1, 0.15) is 0 Å². The summed E-state index contributed by atoms with van der Waals surface area (Å²) in [5, 5.41) is 13.8. The number of hydrogen-bond donors (Lipinski definition) is 1. The summed E-state index contributed by atoms with van der Waals surface area (Å²) in [4.78, 5) is 25.9. The quantitative estimate of drug-likeness (QED) is 0.683. The number of nitrogens with one attached hydrogen (secondary N) is 1. The number of rotatable bonds is 3. The average molecular weight is 265 g/mol. The van der Waals surface area contributed by atoms with Crippen LogP contribution in [0.25, 0.3) is 10.2 Å². The van der Waals surface area contributed by atoms with Crippen molar-refractivity contribution < 1.29 is 9.72 Å². The highest BCUT2D eigenvalue weighted by atomic mass is 32.1. The second-order valence-electron chi connectivity index (χ2n) is 4.07. The first-order valence-corrected chi connectivity index (χ1v) is 6.15. The Bertz CT molecular complexity index is 621. The molecule has 0 spiro atoms. The third-order valence-corrected chi connectivity index (χ3v) is 3.27. The standard InChI is InChI=1S/C11H11N3O3S/c1-6(2)10(15)13-11-12-8-4-3-7(14(16)17)5-9(8)18-11/h3-6H,1-2H3,(H,12,13,15). The monoisotopic (exact) mass is 265 g/mol. The number of fused-ring (bicyclic) bond motifs is 1. The van der Waals surface area contributed by atoms with Gasteiger partial charge < -0.3 is 5.32 Å². The molecule has 0 aliphatic heterocycles. The molecule has 0 bridgehead atoms. The van der Waals surface area contributed by atoms with Crippen LogP contribution in [-0.4, -0.2) is 15.8 Å². The number of anilines is 1.